The third kappa shape index (κ3) is 3.72. The molecule has 0 fully saturated rings. The van der Waals surface area contributed by atoms with Gasteiger partial charge in [-0.1, -0.05) is 6.07 Å². The van der Waals surface area contributed by atoms with Gasteiger partial charge in [-0.2, -0.15) is 0 Å². The molecule has 0 aromatic carbocycles. The van der Waals surface area contributed by atoms with Gasteiger partial charge in [-0.15, -0.1) is 11.3 Å². The zero-order chi connectivity index (χ0) is 15.3. The molecule has 1 N–H and O–H groups in total. The molecule has 1 heterocycles. The van der Waals surface area contributed by atoms with Crippen LogP contribution in [0.2, 0.25) is 0 Å². The highest BCUT2D eigenvalue weighted by Gasteiger charge is 2.37. The monoisotopic (exact) mass is 298 g/mol. The lowest BCUT2D eigenvalue weighted by Gasteiger charge is -2.36. The lowest BCUT2D eigenvalue weighted by atomic mass is 10.0. The van der Waals surface area contributed by atoms with E-state index in [2.05, 4.69) is 0 Å². The molecule has 2 amide bonds. The Kier molecular flexibility index (Phi) is 5.56. The predicted octanol–water partition coefficient (Wildman–Crippen LogP) is 2.53. The summed E-state index contributed by atoms with van der Waals surface area (Å²) >= 11 is 1.66. The SMILES string of the molecule is CCN(C(=O)N(C)CCc1cccs1)C(C)(C)C(=O)O. The number of amides is 2. The number of urea groups is 1. The molecular formula is C14H22N2O3S. The number of thiophene rings is 1. The van der Waals surface area contributed by atoms with Gasteiger partial charge in [-0.05, 0) is 38.6 Å². The van der Waals surface area contributed by atoms with E-state index in [0.717, 1.165) is 6.42 Å². The lowest BCUT2D eigenvalue weighted by molar-refractivity contribution is -0.147. The second kappa shape index (κ2) is 6.74. The molecule has 0 saturated heterocycles. The molecule has 0 aliphatic heterocycles. The number of carbonyl (C=O) groups excluding carboxylic acids is 1. The van der Waals surface area contributed by atoms with E-state index >= 15 is 0 Å². The van der Waals surface area contributed by atoms with E-state index in [-0.39, 0.29) is 6.03 Å². The molecule has 5 nitrogen and oxygen atoms in total. The van der Waals surface area contributed by atoms with Crippen molar-refractivity contribution in [3.05, 3.63) is 22.4 Å². The number of carboxylic acids is 1. The van der Waals surface area contributed by atoms with Crippen LogP contribution in [0.5, 0.6) is 0 Å². The van der Waals surface area contributed by atoms with Gasteiger partial charge in [0.05, 0.1) is 0 Å². The summed E-state index contributed by atoms with van der Waals surface area (Å²) in [4.78, 5) is 27.8. The van der Waals surface area contributed by atoms with Gasteiger partial charge in [-0.3, -0.25) is 0 Å². The van der Waals surface area contributed by atoms with Crippen LogP contribution >= 0.6 is 11.3 Å². The van der Waals surface area contributed by atoms with Crippen molar-refractivity contribution in [2.75, 3.05) is 20.1 Å². The van der Waals surface area contributed by atoms with Crippen molar-refractivity contribution in [2.45, 2.75) is 32.7 Å². The highest BCUT2D eigenvalue weighted by molar-refractivity contribution is 7.09. The quantitative estimate of drug-likeness (QED) is 0.878. The molecule has 0 radical (unpaired) electrons. The third-order valence-electron chi connectivity index (χ3n) is 3.35. The second-order valence-corrected chi connectivity index (χ2v) is 6.17. The van der Waals surface area contributed by atoms with Gasteiger partial charge in [0.15, 0.2) is 0 Å². The molecular weight excluding hydrogens is 276 g/mol. The first kappa shape index (κ1) is 16.5. The summed E-state index contributed by atoms with van der Waals surface area (Å²) in [6, 6.07) is 3.76. The molecule has 6 heteroatoms. The van der Waals surface area contributed by atoms with Crippen LogP contribution in [0.1, 0.15) is 25.6 Å². The third-order valence-corrected chi connectivity index (χ3v) is 4.28. The van der Waals surface area contributed by atoms with E-state index in [1.807, 2.05) is 17.5 Å². The van der Waals surface area contributed by atoms with Crippen LogP contribution in [-0.4, -0.2) is 52.6 Å². The van der Waals surface area contributed by atoms with Gasteiger partial charge in [0.25, 0.3) is 0 Å². The zero-order valence-electron chi connectivity index (χ0n) is 12.4. The Morgan fingerprint density at radius 2 is 2.05 bits per heavy atom. The molecule has 20 heavy (non-hydrogen) atoms. The van der Waals surface area contributed by atoms with Gasteiger partial charge in [0.1, 0.15) is 5.54 Å². The Morgan fingerprint density at radius 3 is 2.50 bits per heavy atom. The maximum Gasteiger partial charge on any atom is 0.329 e. The zero-order valence-corrected chi connectivity index (χ0v) is 13.2. The summed E-state index contributed by atoms with van der Waals surface area (Å²) in [6.07, 6.45) is 0.783. The van der Waals surface area contributed by atoms with Crippen molar-refractivity contribution in [3.63, 3.8) is 0 Å². The molecule has 0 saturated carbocycles. The number of carboxylic acid groups (broad SMARTS) is 1. The van der Waals surface area contributed by atoms with Gasteiger partial charge in [0.2, 0.25) is 0 Å². The summed E-state index contributed by atoms with van der Waals surface area (Å²) in [5.41, 5.74) is -1.21. The van der Waals surface area contributed by atoms with Crippen molar-refractivity contribution < 1.29 is 14.7 Å². The topological polar surface area (TPSA) is 60.9 Å². The van der Waals surface area contributed by atoms with Crippen LogP contribution in [0.25, 0.3) is 0 Å². The number of rotatable bonds is 6. The van der Waals surface area contributed by atoms with E-state index in [1.54, 1.807) is 44.1 Å². The first-order valence-electron chi connectivity index (χ1n) is 6.59. The van der Waals surface area contributed by atoms with Crippen LogP contribution < -0.4 is 0 Å². The Hall–Kier alpha value is -1.56. The number of aliphatic carboxylic acids is 1. The minimum absolute atomic E-state index is 0.253. The molecule has 0 aliphatic carbocycles. The summed E-state index contributed by atoms with van der Waals surface area (Å²) in [5.74, 6) is -1.00. The maximum absolute atomic E-state index is 12.4. The Labute approximate surface area is 123 Å². The van der Waals surface area contributed by atoms with Gasteiger partial charge in [0, 0.05) is 25.0 Å². The van der Waals surface area contributed by atoms with Crippen molar-refractivity contribution in [1.29, 1.82) is 0 Å². The summed E-state index contributed by atoms with van der Waals surface area (Å²) in [6.45, 7) is 5.82. The normalized spacial score (nSPS) is 11.2. The predicted molar refractivity (Wildman–Crippen MR) is 80.1 cm³/mol. The van der Waals surface area contributed by atoms with Crippen LogP contribution in [0, 0.1) is 0 Å². The van der Waals surface area contributed by atoms with E-state index in [0.29, 0.717) is 13.1 Å². The molecule has 112 valence electrons. The number of hydrogen-bond donors (Lipinski definition) is 1. The number of likely N-dealkylation sites (N-methyl/N-ethyl adjacent to an activating group) is 2. The average Bonchev–Trinajstić information content (AvgIpc) is 2.89. The van der Waals surface area contributed by atoms with Gasteiger partial charge >= 0.3 is 12.0 Å². The summed E-state index contributed by atoms with van der Waals surface area (Å²) < 4.78 is 0. The van der Waals surface area contributed by atoms with Crippen LogP contribution in [0.15, 0.2) is 17.5 Å². The van der Waals surface area contributed by atoms with Crippen LogP contribution in [-0.2, 0) is 11.2 Å². The Bertz CT molecular complexity index is 457. The number of hydrogen-bond acceptors (Lipinski definition) is 3. The molecule has 0 bridgehead atoms. The van der Waals surface area contributed by atoms with E-state index in [9.17, 15) is 14.7 Å². The largest absolute Gasteiger partial charge is 0.480 e. The van der Waals surface area contributed by atoms with E-state index < -0.39 is 11.5 Å². The average molecular weight is 298 g/mol. The smallest absolute Gasteiger partial charge is 0.329 e. The minimum Gasteiger partial charge on any atom is -0.480 e. The number of nitrogens with zero attached hydrogens (tertiary/aromatic N) is 2. The molecule has 1 rings (SSSR count). The fraction of sp³-hybridized carbons (Fsp3) is 0.571. The lowest BCUT2D eigenvalue weighted by Crippen LogP contribution is -2.56. The fourth-order valence-corrected chi connectivity index (χ4v) is 2.62. The molecule has 1 aromatic rings. The molecule has 0 spiro atoms. The number of carbonyl (C=O) groups is 2. The molecule has 0 atom stereocenters. The van der Waals surface area contributed by atoms with Crippen LogP contribution in [0.4, 0.5) is 4.79 Å². The highest BCUT2D eigenvalue weighted by Crippen LogP contribution is 2.17. The molecule has 1 aromatic heterocycles. The first-order chi connectivity index (χ1) is 9.30. The first-order valence-corrected chi connectivity index (χ1v) is 7.47. The van der Waals surface area contributed by atoms with Gasteiger partial charge < -0.3 is 14.9 Å². The van der Waals surface area contributed by atoms with Crippen molar-refractivity contribution in [3.8, 4) is 0 Å². The highest BCUT2D eigenvalue weighted by atomic mass is 32.1. The van der Waals surface area contributed by atoms with Crippen LogP contribution in [0.3, 0.4) is 0 Å². The van der Waals surface area contributed by atoms with Crippen molar-refractivity contribution >= 4 is 23.3 Å². The second-order valence-electron chi connectivity index (χ2n) is 5.14. The fourth-order valence-electron chi connectivity index (χ4n) is 1.92. The Morgan fingerprint density at radius 1 is 1.40 bits per heavy atom. The summed E-state index contributed by atoms with van der Waals surface area (Å²) in [7, 11) is 1.70. The maximum atomic E-state index is 12.4. The van der Waals surface area contributed by atoms with Crippen molar-refractivity contribution in [2.24, 2.45) is 0 Å². The molecule has 0 unspecified atom stereocenters. The summed E-state index contributed by atoms with van der Waals surface area (Å²) in [5, 5.41) is 11.2. The van der Waals surface area contributed by atoms with Crippen molar-refractivity contribution in [1.82, 2.24) is 9.80 Å². The Balaban J connectivity index is 2.68. The van der Waals surface area contributed by atoms with E-state index in [1.165, 1.54) is 9.78 Å². The van der Waals surface area contributed by atoms with Gasteiger partial charge in [-0.25, -0.2) is 9.59 Å². The standard InChI is InChI=1S/C14H22N2O3S/c1-5-16(14(2,3)12(17)18)13(19)15(4)9-8-11-7-6-10-20-11/h6-7,10H,5,8-9H2,1-4H3,(H,17,18). The van der Waals surface area contributed by atoms with E-state index in [4.69, 9.17) is 0 Å². The molecule has 0 aliphatic rings. The minimum atomic E-state index is -1.21.